The fourth-order valence-corrected chi connectivity index (χ4v) is 4.40. The fraction of sp³-hybridized carbons (Fsp3) is 0.280. The van der Waals surface area contributed by atoms with Crippen molar-refractivity contribution in [2.24, 2.45) is 0 Å². The number of carbonyl (C=O) groups is 1. The molecule has 0 aliphatic carbocycles. The van der Waals surface area contributed by atoms with Crippen molar-refractivity contribution in [3.05, 3.63) is 52.8 Å². The zero-order chi connectivity index (χ0) is 23.7. The number of halogens is 1. The van der Waals surface area contributed by atoms with Gasteiger partial charge >= 0.3 is 0 Å². The molecule has 0 atom stereocenters. The van der Waals surface area contributed by atoms with Gasteiger partial charge in [0.1, 0.15) is 11.3 Å². The van der Waals surface area contributed by atoms with Gasteiger partial charge in [-0.2, -0.15) is 0 Å². The average molecular weight is 469 g/mol. The lowest BCUT2D eigenvalue weighted by atomic mass is 9.94. The molecule has 8 heteroatoms. The van der Waals surface area contributed by atoms with Crippen LogP contribution in [0.1, 0.15) is 27.2 Å². The largest absolute Gasteiger partial charge is 0.506 e. The van der Waals surface area contributed by atoms with E-state index < -0.39 is 0 Å². The maximum atomic E-state index is 13.3. The summed E-state index contributed by atoms with van der Waals surface area (Å²) < 4.78 is 16.4. The quantitative estimate of drug-likeness (QED) is 0.280. The molecule has 0 saturated heterocycles. The van der Waals surface area contributed by atoms with Crippen LogP contribution in [0.2, 0.25) is 0 Å². The Balaban J connectivity index is 1.79. The van der Waals surface area contributed by atoms with E-state index in [1.54, 1.807) is 31.5 Å². The topological polar surface area (TPSA) is 93.7 Å². The number of aromatic hydroxyl groups is 1. The number of nitrogens with zero attached hydrogens (tertiary/aromatic N) is 1. The number of aromatic amines is 1. The molecule has 0 aliphatic heterocycles. The van der Waals surface area contributed by atoms with Crippen LogP contribution in [0.3, 0.4) is 0 Å². The highest BCUT2D eigenvalue weighted by molar-refractivity contribution is 6.18. The van der Waals surface area contributed by atoms with Crippen LogP contribution >= 0.6 is 11.6 Å². The molecule has 0 amide bonds. The molecule has 0 bridgehead atoms. The van der Waals surface area contributed by atoms with E-state index in [0.29, 0.717) is 46.3 Å². The number of fused-ring (bicyclic) bond motifs is 2. The normalized spacial score (nSPS) is 11.2. The number of phenols is 1. The first-order valence-electron chi connectivity index (χ1n) is 10.4. The summed E-state index contributed by atoms with van der Waals surface area (Å²) >= 11 is 6.07. The van der Waals surface area contributed by atoms with Gasteiger partial charge in [-0.15, -0.1) is 11.6 Å². The number of benzene rings is 2. The first-order valence-corrected chi connectivity index (χ1v) is 11.0. The molecule has 0 saturated carbocycles. The predicted octanol–water partition coefficient (Wildman–Crippen LogP) is 4.96. The number of H-pyrrole nitrogens is 1. The van der Waals surface area contributed by atoms with Gasteiger partial charge in [-0.1, -0.05) is 0 Å². The third-order valence-electron chi connectivity index (χ3n) is 5.71. The minimum atomic E-state index is -0.138. The molecular weight excluding hydrogens is 444 g/mol. The number of aromatic nitrogens is 2. The van der Waals surface area contributed by atoms with E-state index >= 15 is 0 Å². The van der Waals surface area contributed by atoms with Crippen molar-refractivity contribution in [1.29, 1.82) is 0 Å². The molecule has 2 aromatic heterocycles. The summed E-state index contributed by atoms with van der Waals surface area (Å²) in [5.41, 5.74) is 4.16. The molecule has 0 fully saturated rings. The third-order valence-corrected chi connectivity index (χ3v) is 5.90. The highest BCUT2D eigenvalue weighted by atomic mass is 35.5. The maximum Gasteiger partial charge on any atom is 0.205 e. The Morgan fingerprint density at radius 2 is 1.85 bits per heavy atom. The Bertz CT molecular complexity index is 1360. The number of pyridine rings is 1. The number of Topliss-reactive ketones (excluding diaryl/α,β-unsaturated/α-hetero) is 1. The lowest BCUT2D eigenvalue weighted by Gasteiger charge is -2.13. The molecule has 0 aliphatic rings. The van der Waals surface area contributed by atoms with Crippen LogP contribution in [0, 0.1) is 6.92 Å². The fourth-order valence-electron chi connectivity index (χ4n) is 4.21. The number of aryl methyl sites for hydroxylation is 2. The van der Waals surface area contributed by atoms with Crippen LogP contribution in [0.25, 0.3) is 21.8 Å². The summed E-state index contributed by atoms with van der Waals surface area (Å²) in [7, 11) is 4.61. The van der Waals surface area contributed by atoms with Gasteiger partial charge in [0.2, 0.25) is 5.75 Å². The van der Waals surface area contributed by atoms with Crippen LogP contribution < -0.4 is 14.2 Å². The van der Waals surface area contributed by atoms with E-state index in [4.69, 9.17) is 25.8 Å². The van der Waals surface area contributed by atoms with Gasteiger partial charge in [-0.3, -0.25) is 9.78 Å². The number of rotatable bonds is 8. The number of carbonyl (C=O) groups excluding carboxylic acids is 1. The molecule has 0 radical (unpaired) electrons. The van der Waals surface area contributed by atoms with Gasteiger partial charge < -0.3 is 24.3 Å². The molecule has 7 nitrogen and oxygen atoms in total. The van der Waals surface area contributed by atoms with Crippen molar-refractivity contribution in [2.75, 3.05) is 27.2 Å². The van der Waals surface area contributed by atoms with E-state index in [-0.39, 0.29) is 18.0 Å². The minimum Gasteiger partial charge on any atom is -0.506 e. The molecule has 172 valence electrons. The zero-order valence-electron chi connectivity index (χ0n) is 18.9. The molecule has 2 N–H and O–H groups in total. The number of phenolic OH excluding ortho intramolecular Hbond substituents is 1. The van der Waals surface area contributed by atoms with Crippen LogP contribution in [0.4, 0.5) is 0 Å². The molecule has 2 heterocycles. The van der Waals surface area contributed by atoms with Gasteiger partial charge in [0, 0.05) is 29.3 Å². The van der Waals surface area contributed by atoms with Gasteiger partial charge in [0.05, 0.1) is 32.5 Å². The molecule has 2 aromatic carbocycles. The van der Waals surface area contributed by atoms with Crippen molar-refractivity contribution in [2.45, 2.75) is 19.8 Å². The van der Waals surface area contributed by atoms with Crippen molar-refractivity contribution in [3.63, 3.8) is 0 Å². The first kappa shape index (κ1) is 22.7. The summed E-state index contributed by atoms with van der Waals surface area (Å²) in [6.07, 6.45) is 2.35. The average Bonchev–Trinajstić information content (AvgIpc) is 3.24. The second-order valence-corrected chi connectivity index (χ2v) is 8.15. The van der Waals surface area contributed by atoms with Crippen molar-refractivity contribution < 1.29 is 24.1 Å². The van der Waals surface area contributed by atoms with Crippen LogP contribution in [-0.4, -0.2) is 48.1 Å². The van der Waals surface area contributed by atoms with Gasteiger partial charge in [-0.25, -0.2) is 0 Å². The molecule has 4 rings (SSSR count). The first-order chi connectivity index (χ1) is 15.9. The SMILES string of the molecule is COc1cc2cc(C(=O)Cc3cc(O)c4ncc(C)cc4c3CCCl)[nH]c2c(OC)c1OC. The molecule has 33 heavy (non-hydrogen) atoms. The van der Waals surface area contributed by atoms with Crippen LogP contribution in [0.5, 0.6) is 23.0 Å². The molecule has 4 aromatic rings. The number of methoxy groups -OCH3 is 3. The Morgan fingerprint density at radius 1 is 1.09 bits per heavy atom. The Kier molecular flexibility index (Phi) is 6.33. The smallest absolute Gasteiger partial charge is 0.205 e. The zero-order valence-corrected chi connectivity index (χ0v) is 19.7. The lowest BCUT2D eigenvalue weighted by Crippen LogP contribution is -2.08. The van der Waals surface area contributed by atoms with E-state index in [9.17, 15) is 9.90 Å². The van der Waals surface area contributed by atoms with E-state index in [1.165, 1.54) is 14.2 Å². The van der Waals surface area contributed by atoms with E-state index in [1.807, 2.05) is 13.0 Å². The summed E-state index contributed by atoms with van der Waals surface area (Å²) in [6, 6.07) is 7.12. The highest BCUT2D eigenvalue weighted by Gasteiger charge is 2.21. The van der Waals surface area contributed by atoms with Crippen molar-refractivity contribution >= 4 is 39.2 Å². The van der Waals surface area contributed by atoms with Gasteiger partial charge in [-0.05, 0) is 54.3 Å². The minimum absolute atomic E-state index is 0.0407. The van der Waals surface area contributed by atoms with Crippen LogP contribution in [0.15, 0.2) is 30.5 Å². The monoisotopic (exact) mass is 468 g/mol. The second-order valence-electron chi connectivity index (χ2n) is 7.77. The predicted molar refractivity (Wildman–Crippen MR) is 129 cm³/mol. The number of ether oxygens (including phenoxy) is 3. The number of alkyl halides is 1. The number of hydrogen-bond acceptors (Lipinski definition) is 6. The Morgan fingerprint density at radius 3 is 2.52 bits per heavy atom. The maximum absolute atomic E-state index is 13.3. The standard InChI is InChI=1S/C25H25ClN2O5/c1-13-7-17-16(5-6-26)14(10-20(30)23(17)27-12-13)9-19(29)18-8-15-11-21(31-2)24(32-3)25(33-4)22(15)28-18/h7-8,10-12,28,30H,5-6,9H2,1-4H3. The number of hydrogen-bond donors (Lipinski definition) is 2. The number of nitrogens with one attached hydrogen (secondary N) is 1. The van der Waals surface area contributed by atoms with Crippen molar-refractivity contribution in [1.82, 2.24) is 9.97 Å². The lowest BCUT2D eigenvalue weighted by molar-refractivity contribution is 0.0989. The third kappa shape index (κ3) is 4.04. The van der Waals surface area contributed by atoms with Crippen molar-refractivity contribution in [3.8, 4) is 23.0 Å². The highest BCUT2D eigenvalue weighted by Crippen LogP contribution is 2.43. The van der Waals surface area contributed by atoms with Crippen LogP contribution in [-0.2, 0) is 12.8 Å². The summed E-state index contributed by atoms with van der Waals surface area (Å²) in [6.45, 7) is 1.94. The molecular formula is C25H25ClN2O5. The van der Waals surface area contributed by atoms with Gasteiger partial charge in [0.25, 0.3) is 0 Å². The Hall–Kier alpha value is -3.45. The summed E-state index contributed by atoms with van der Waals surface area (Å²) in [4.78, 5) is 20.8. The second kappa shape index (κ2) is 9.19. The van der Waals surface area contributed by atoms with E-state index in [0.717, 1.165) is 27.5 Å². The van der Waals surface area contributed by atoms with E-state index in [2.05, 4.69) is 9.97 Å². The molecule has 0 spiro atoms. The summed E-state index contributed by atoms with van der Waals surface area (Å²) in [5.74, 6) is 1.70. The molecule has 0 unspecified atom stereocenters. The Labute approximate surface area is 196 Å². The number of ketones is 1. The summed E-state index contributed by atoms with van der Waals surface area (Å²) in [5, 5.41) is 12.1. The van der Waals surface area contributed by atoms with Gasteiger partial charge in [0.15, 0.2) is 17.3 Å².